The molecule has 0 bridgehead atoms. The van der Waals surface area contributed by atoms with Crippen LogP contribution in [0.2, 0.25) is 0 Å². The van der Waals surface area contributed by atoms with Crippen LogP contribution in [0.15, 0.2) is 0 Å². The Morgan fingerprint density at radius 2 is 1.83 bits per heavy atom. The van der Waals surface area contributed by atoms with E-state index in [1.165, 1.54) is 18.4 Å². The maximum atomic E-state index is 13.0. The van der Waals surface area contributed by atoms with Crippen molar-refractivity contribution in [1.29, 1.82) is 0 Å². The minimum Gasteiger partial charge on any atom is -0.481 e. The SMILES string of the molecule is CCC(C)(C)[C@@H]1CCc2c(sc(NC(=O)[C@@H]3CCCC[C@H]3C(=O)O)c2C(=O)OC)C1. The molecule has 6 nitrogen and oxygen atoms in total. The van der Waals surface area contributed by atoms with E-state index in [2.05, 4.69) is 26.1 Å². The highest BCUT2D eigenvalue weighted by Crippen LogP contribution is 2.46. The number of anilines is 1. The van der Waals surface area contributed by atoms with Crippen molar-refractivity contribution < 1.29 is 24.2 Å². The van der Waals surface area contributed by atoms with E-state index in [9.17, 15) is 19.5 Å². The number of carbonyl (C=O) groups is 3. The Balaban J connectivity index is 1.89. The number of ether oxygens (including phenoxy) is 1. The minimum absolute atomic E-state index is 0.216. The number of amides is 1. The summed E-state index contributed by atoms with van der Waals surface area (Å²) in [7, 11) is 1.35. The number of carboxylic acids is 1. The smallest absolute Gasteiger partial charge is 0.341 e. The zero-order valence-corrected chi connectivity index (χ0v) is 19.2. The van der Waals surface area contributed by atoms with Gasteiger partial charge in [-0.05, 0) is 49.0 Å². The number of hydrogen-bond acceptors (Lipinski definition) is 5. The van der Waals surface area contributed by atoms with Crippen molar-refractivity contribution in [3.05, 3.63) is 16.0 Å². The fourth-order valence-corrected chi connectivity index (χ4v) is 6.21. The van der Waals surface area contributed by atoms with Crippen LogP contribution in [-0.2, 0) is 27.2 Å². The zero-order valence-electron chi connectivity index (χ0n) is 18.4. The third kappa shape index (κ3) is 4.41. The van der Waals surface area contributed by atoms with Gasteiger partial charge in [-0.15, -0.1) is 11.3 Å². The van der Waals surface area contributed by atoms with Gasteiger partial charge in [0.15, 0.2) is 0 Å². The number of hydrogen-bond donors (Lipinski definition) is 2. The molecule has 1 amide bonds. The zero-order chi connectivity index (χ0) is 22.1. The van der Waals surface area contributed by atoms with Gasteiger partial charge in [0.25, 0.3) is 0 Å². The van der Waals surface area contributed by atoms with Crippen LogP contribution in [-0.4, -0.2) is 30.1 Å². The number of nitrogens with one attached hydrogen (secondary N) is 1. The molecule has 166 valence electrons. The van der Waals surface area contributed by atoms with Gasteiger partial charge in [0.05, 0.1) is 24.5 Å². The predicted octanol–water partition coefficient (Wildman–Crippen LogP) is 4.91. The Bertz CT molecular complexity index is 828. The van der Waals surface area contributed by atoms with Gasteiger partial charge >= 0.3 is 11.9 Å². The summed E-state index contributed by atoms with van der Waals surface area (Å²) in [5.74, 6) is -2.35. The number of esters is 1. The summed E-state index contributed by atoms with van der Waals surface area (Å²) >= 11 is 1.46. The standard InChI is InChI=1S/C23H33NO5S/c1-5-23(2,3)13-10-11-16-17(12-13)30-20(18(16)22(28)29-4)24-19(25)14-8-6-7-9-15(14)21(26)27/h13-15H,5-12H2,1-4H3,(H,24,25)(H,26,27)/t13-,14-,15-/m1/s1. The molecule has 1 fully saturated rings. The van der Waals surface area contributed by atoms with Gasteiger partial charge in [0.1, 0.15) is 5.00 Å². The van der Waals surface area contributed by atoms with E-state index in [-0.39, 0.29) is 11.3 Å². The lowest BCUT2D eigenvalue weighted by atomic mass is 9.69. The number of carbonyl (C=O) groups excluding carboxylic acids is 2. The average Bonchev–Trinajstić information content (AvgIpc) is 3.09. The van der Waals surface area contributed by atoms with E-state index >= 15 is 0 Å². The fraction of sp³-hybridized carbons (Fsp3) is 0.696. The predicted molar refractivity (Wildman–Crippen MR) is 117 cm³/mol. The Morgan fingerprint density at radius 1 is 1.17 bits per heavy atom. The minimum atomic E-state index is -0.918. The number of methoxy groups -OCH3 is 1. The van der Waals surface area contributed by atoms with Crippen LogP contribution in [0.3, 0.4) is 0 Å². The first-order valence-corrected chi connectivity index (χ1v) is 11.8. The number of fused-ring (bicyclic) bond motifs is 1. The second-order valence-electron chi connectivity index (χ2n) is 9.31. The largest absolute Gasteiger partial charge is 0.481 e. The number of rotatable bonds is 6. The van der Waals surface area contributed by atoms with Crippen molar-refractivity contribution in [1.82, 2.24) is 0 Å². The van der Waals surface area contributed by atoms with Crippen molar-refractivity contribution in [2.75, 3.05) is 12.4 Å². The molecule has 0 unspecified atom stereocenters. The highest BCUT2D eigenvalue weighted by Gasteiger charge is 2.38. The Labute approximate surface area is 182 Å². The molecular formula is C23H33NO5S. The molecule has 1 aromatic rings. The lowest BCUT2D eigenvalue weighted by molar-refractivity contribution is -0.147. The molecule has 3 atom stereocenters. The molecular weight excluding hydrogens is 402 g/mol. The van der Waals surface area contributed by atoms with Crippen LogP contribution in [0.1, 0.15) is 80.1 Å². The van der Waals surface area contributed by atoms with Crippen LogP contribution in [0, 0.1) is 23.2 Å². The molecule has 0 saturated heterocycles. The number of carboxylic acid groups (broad SMARTS) is 1. The maximum absolute atomic E-state index is 13.0. The first-order chi connectivity index (χ1) is 14.2. The first-order valence-electron chi connectivity index (χ1n) is 11.0. The first kappa shape index (κ1) is 22.8. The van der Waals surface area contributed by atoms with Gasteiger partial charge in [0, 0.05) is 4.88 Å². The van der Waals surface area contributed by atoms with Crippen LogP contribution in [0.4, 0.5) is 5.00 Å². The lowest BCUT2D eigenvalue weighted by Gasteiger charge is -2.36. The van der Waals surface area contributed by atoms with Crippen molar-refractivity contribution in [2.24, 2.45) is 23.2 Å². The van der Waals surface area contributed by atoms with E-state index < -0.39 is 23.8 Å². The Kier molecular flexibility index (Phi) is 6.90. The Hall–Kier alpha value is -1.89. The normalized spacial score (nSPS) is 24.1. The van der Waals surface area contributed by atoms with E-state index in [0.29, 0.717) is 29.3 Å². The lowest BCUT2D eigenvalue weighted by Crippen LogP contribution is -2.36. The van der Waals surface area contributed by atoms with Crippen LogP contribution in [0.5, 0.6) is 0 Å². The van der Waals surface area contributed by atoms with E-state index in [0.717, 1.165) is 49.0 Å². The summed E-state index contributed by atoms with van der Waals surface area (Å²) in [6, 6.07) is 0. The number of thiophene rings is 1. The molecule has 7 heteroatoms. The monoisotopic (exact) mass is 435 g/mol. The van der Waals surface area contributed by atoms with Crippen LogP contribution in [0.25, 0.3) is 0 Å². The Morgan fingerprint density at radius 3 is 2.43 bits per heavy atom. The molecule has 0 spiro atoms. The molecule has 2 N–H and O–H groups in total. The van der Waals surface area contributed by atoms with Gasteiger partial charge in [-0.1, -0.05) is 40.0 Å². The maximum Gasteiger partial charge on any atom is 0.341 e. The average molecular weight is 436 g/mol. The van der Waals surface area contributed by atoms with Crippen molar-refractivity contribution in [3.63, 3.8) is 0 Å². The quantitative estimate of drug-likeness (QED) is 0.620. The topological polar surface area (TPSA) is 92.7 Å². The van der Waals surface area contributed by atoms with E-state index in [1.807, 2.05) is 0 Å². The highest BCUT2D eigenvalue weighted by atomic mass is 32.1. The second kappa shape index (κ2) is 9.08. The van der Waals surface area contributed by atoms with Gasteiger partial charge in [-0.25, -0.2) is 4.79 Å². The highest BCUT2D eigenvalue weighted by molar-refractivity contribution is 7.17. The van der Waals surface area contributed by atoms with Crippen molar-refractivity contribution in [2.45, 2.75) is 72.1 Å². The summed E-state index contributed by atoms with van der Waals surface area (Å²) in [4.78, 5) is 38.3. The summed E-state index contributed by atoms with van der Waals surface area (Å²) in [6.45, 7) is 6.78. The summed E-state index contributed by atoms with van der Waals surface area (Å²) in [5.41, 5.74) is 1.66. The number of aliphatic carboxylic acids is 1. The van der Waals surface area contributed by atoms with Gasteiger partial charge in [0.2, 0.25) is 5.91 Å². The summed E-state index contributed by atoms with van der Waals surface area (Å²) in [6.07, 6.45) is 6.54. The third-order valence-electron chi connectivity index (χ3n) is 7.33. The van der Waals surface area contributed by atoms with E-state index in [4.69, 9.17) is 4.74 Å². The fourth-order valence-electron chi connectivity index (χ4n) is 4.89. The van der Waals surface area contributed by atoms with Gasteiger partial charge in [-0.2, -0.15) is 0 Å². The molecule has 1 saturated carbocycles. The molecule has 2 aliphatic rings. The molecule has 0 aliphatic heterocycles. The van der Waals surface area contributed by atoms with Crippen LogP contribution < -0.4 is 5.32 Å². The van der Waals surface area contributed by atoms with Crippen molar-refractivity contribution in [3.8, 4) is 0 Å². The molecule has 1 heterocycles. The summed E-state index contributed by atoms with van der Waals surface area (Å²) < 4.78 is 5.03. The summed E-state index contributed by atoms with van der Waals surface area (Å²) in [5, 5.41) is 13.0. The molecule has 2 aliphatic carbocycles. The van der Waals surface area contributed by atoms with Crippen molar-refractivity contribution >= 4 is 34.2 Å². The molecule has 30 heavy (non-hydrogen) atoms. The second-order valence-corrected chi connectivity index (χ2v) is 10.4. The van der Waals surface area contributed by atoms with Gasteiger partial charge < -0.3 is 15.2 Å². The van der Waals surface area contributed by atoms with Crippen LogP contribution >= 0.6 is 11.3 Å². The third-order valence-corrected chi connectivity index (χ3v) is 8.50. The molecule has 1 aromatic heterocycles. The van der Waals surface area contributed by atoms with E-state index in [1.54, 1.807) is 0 Å². The molecule has 0 radical (unpaired) electrons. The van der Waals surface area contributed by atoms with Gasteiger partial charge in [-0.3, -0.25) is 9.59 Å². The molecule has 0 aromatic carbocycles. The molecule has 3 rings (SSSR count).